The summed E-state index contributed by atoms with van der Waals surface area (Å²) in [6.45, 7) is 6.52. The van der Waals surface area contributed by atoms with Crippen molar-refractivity contribution >= 4 is 16.8 Å². The van der Waals surface area contributed by atoms with E-state index < -0.39 is 0 Å². The average Bonchev–Trinajstić information content (AvgIpc) is 3.22. The normalized spacial score (nSPS) is 16.6. The lowest BCUT2D eigenvalue weighted by Crippen LogP contribution is -2.08. The first-order valence-corrected chi connectivity index (χ1v) is 9.33. The summed E-state index contributed by atoms with van der Waals surface area (Å²) in [5, 5.41) is 5.75. The fourth-order valence-electron chi connectivity index (χ4n) is 3.37. The van der Waals surface area contributed by atoms with E-state index in [4.69, 9.17) is 0 Å². The van der Waals surface area contributed by atoms with Gasteiger partial charge in [-0.25, -0.2) is 0 Å². The third-order valence-corrected chi connectivity index (χ3v) is 5.79. The standard InChI is InChI=1S/C21H21N3S/c1-14-9-7-8-12-19(14)24-15(2)13-18(16(24)3)21-23-22-20(25-21)17-10-5-4-6-11-17/h4-13,21,23H,1-3H3/t21-/m1/s1. The number of benzene rings is 2. The van der Waals surface area contributed by atoms with Gasteiger partial charge in [-0.05, 0) is 38.5 Å². The van der Waals surface area contributed by atoms with Gasteiger partial charge >= 0.3 is 0 Å². The number of nitrogens with one attached hydrogen (secondary N) is 1. The SMILES string of the molecule is Cc1ccccc1-n1c(C)cc([C@@H]2NN=C(c3ccccc3)S2)c1C. The molecule has 1 aliphatic rings. The van der Waals surface area contributed by atoms with Gasteiger partial charge in [-0.1, -0.05) is 60.3 Å². The number of hydrazone groups is 1. The summed E-state index contributed by atoms with van der Waals surface area (Å²) >= 11 is 1.78. The van der Waals surface area contributed by atoms with Gasteiger partial charge in [-0.15, -0.1) is 0 Å². The second-order valence-electron chi connectivity index (χ2n) is 6.36. The Morgan fingerprint density at radius 1 is 0.960 bits per heavy atom. The largest absolute Gasteiger partial charge is 0.318 e. The third-order valence-electron chi connectivity index (χ3n) is 4.64. The molecular formula is C21H21N3S. The second-order valence-corrected chi connectivity index (χ2v) is 7.45. The van der Waals surface area contributed by atoms with Crippen molar-refractivity contribution in [3.63, 3.8) is 0 Å². The fourth-order valence-corrected chi connectivity index (χ4v) is 4.44. The molecule has 0 radical (unpaired) electrons. The highest BCUT2D eigenvalue weighted by molar-refractivity contribution is 8.14. The molecule has 2 heterocycles. The Balaban J connectivity index is 1.66. The molecule has 0 spiro atoms. The molecule has 4 heteroatoms. The van der Waals surface area contributed by atoms with E-state index in [1.807, 2.05) is 6.07 Å². The number of para-hydroxylation sites is 1. The van der Waals surface area contributed by atoms with Gasteiger partial charge in [-0.3, -0.25) is 5.43 Å². The maximum Gasteiger partial charge on any atom is 0.126 e. The Kier molecular flexibility index (Phi) is 4.14. The molecule has 1 aromatic heterocycles. The zero-order chi connectivity index (χ0) is 17.4. The number of rotatable bonds is 3. The van der Waals surface area contributed by atoms with Crippen LogP contribution in [-0.2, 0) is 0 Å². The van der Waals surface area contributed by atoms with E-state index in [9.17, 15) is 0 Å². The minimum absolute atomic E-state index is 0.152. The Labute approximate surface area is 152 Å². The Morgan fingerprint density at radius 3 is 2.44 bits per heavy atom. The molecule has 25 heavy (non-hydrogen) atoms. The van der Waals surface area contributed by atoms with Crippen molar-refractivity contribution in [2.75, 3.05) is 0 Å². The van der Waals surface area contributed by atoms with Crippen LogP contribution in [-0.4, -0.2) is 9.61 Å². The third kappa shape index (κ3) is 2.87. The fraction of sp³-hybridized carbons (Fsp3) is 0.190. The zero-order valence-corrected chi connectivity index (χ0v) is 15.5. The first kappa shape index (κ1) is 16.0. The molecule has 2 aromatic carbocycles. The molecular weight excluding hydrogens is 326 g/mol. The summed E-state index contributed by atoms with van der Waals surface area (Å²) in [6, 6.07) is 21.1. The molecule has 0 aliphatic carbocycles. The predicted octanol–water partition coefficient (Wildman–Crippen LogP) is 5.10. The minimum atomic E-state index is 0.152. The van der Waals surface area contributed by atoms with Crippen LogP contribution in [0.25, 0.3) is 5.69 Å². The number of hydrogen-bond donors (Lipinski definition) is 1. The number of aromatic nitrogens is 1. The van der Waals surface area contributed by atoms with E-state index in [2.05, 4.69) is 90.5 Å². The van der Waals surface area contributed by atoms with E-state index in [1.165, 1.54) is 28.2 Å². The van der Waals surface area contributed by atoms with Crippen LogP contribution >= 0.6 is 11.8 Å². The Hall–Kier alpha value is -2.46. The molecule has 3 nitrogen and oxygen atoms in total. The molecule has 1 N–H and O–H groups in total. The lowest BCUT2D eigenvalue weighted by molar-refractivity contribution is 0.737. The molecule has 1 aliphatic heterocycles. The van der Waals surface area contributed by atoms with Gasteiger partial charge in [-0.2, -0.15) is 5.10 Å². The van der Waals surface area contributed by atoms with E-state index in [-0.39, 0.29) is 5.37 Å². The van der Waals surface area contributed by atoms with Gasteiger partial charge in [0.2, 0.25) is 0 Å². The molecule has 0 bridgehead atoms. The highest BCUT2D eigenvalue weighted by Crippen LogP contribution is 2.37. The quantitative estimate of drug-likeness (QED) is 0.714. The van der Waals surface area contributed by atoms with Crippen molar-refractivity contribution in [1.29, 1.82) is 0 Å². The maximum absolute atomic E-state index is 4.55. The van der Waals surface area contributed by atoms with E-state index in [0.29, 0.717) is 0 Å². The summed E-state index contributed by atoms with van der Waals surface area (Å²) in [7, 11) is 0. The Bertz CT molecular complexity index is 941. The van der Waals surface area contributed by atoms with Gasteiger partial charge < -0.3 is 4.57 Å². The van der Waals surface area contributed by atoms with Crippen molar-refractivity contribution in [3.8, 4) is 5.69 Å². The molecule has 4 rings (SSSR count). The zero-order valence-electron chi connectivity index (χ0n) is 14.7. The molecule has 0 saturated heterocycles. The van der Waals surface area contributed by atoms with Crippen LogP contribution in [0.1, 0.15) is 33.5 Å². The first-order chi connectivity index (χ1) is 12.1. The molecule has 0 fully saturated rings. The van der Waals surface area contributed by atoms with E-state index in [0.717, 1.165) is 10.6 Å². The lowest BCUT2D eigenvalue weighted by Gasteiger charge is -2.14. The summed E-state index contributed by atoms with van der Waals surface area (Å²) in [6.07, 6.45) is 0. The predicted molar refractivity (Wildman–Crippen MR) is 106 cm³/mol. The molecule has 3 aromatic rings. The van der Waals surface area contributed by atoms with Crippen molar-refractivity contribution in [2.45, 2.75) is 26.1 Å². The van der Waals surface area contributed by atoms with Gasteiger partial charge in [0.25, 0.3) is 0 Å². The van der Waals surface area contributed by atoms with Crippen LogP contribution in [0, 0.1) is 20.8 Å². The highest BCUT2D eigenvalue weighted by atomic mass is 32.2. The van der Waals surface area contributed by atoms with Crippen LogP contribution in [0.15, 0.2) is 65.8 Å². The van der Waals surface area contributed by atoms with Crippen LogP contribution in [0.5, 0.6) is 0 Å². The number of aryl methyl sites for hydroxylation is 2. The lowest BCUT2D eigenvalue weighted by atomic mass is 10.2. The van der Waals surface area contributed by atoms with E-state index in [1.54, 1.807) is 11.8 Å². The highest BCUT2D eigenvalue weighted by Gasteiger charge is 2.26. The molecule has 1 atom stereocenters. The summed E-state index contributed by atoms with van der Waals surface area (Å²) in [5.41, 5.74) is 10.8. The summed E-state index contributed by atoms with van der Waals surface area (Å²) in [5.74, 6) is 0. The number of hydrogen-bond acceptors (Lipinski definition) is 3. The van der Waals surface area contributed by atoms with Gasteiger partial charge in [0.1, 0.15) is 10.4 Å². The monoisotopic (exact) mass is 347 g/mol. The smallest absolute Gasteiger partial charge is 0.126 e. The topological polar surface area (TPSA) is 29.3 Å². The Morgan fingerprint density at radius 2 is 1.68 bits per heavy atom. The first-order valence-electron chi connectivity index (χ1n) is 8.45. The average molecular weight is 347 g/mol. The molecule has 126 valence electrons. The number of thioether (sulfide) groups is 1. The van der Waals surface area contributed by atoms with Gasteiger partial charge in [0.05, 0.1) is 0 Å². The van der Waals surface area contributed by atoms with Crippen LogP contribution in [0.3, 0.4) is 0 Å². The van der Waals surface area contributed by atoms with Crippen LogP contribution < -0.4 is 5.43 Å². The van der Waals surface area contributed by atoms with Gasteiger partial charge in [0, 0.05) is 28.2 Å². The maximum atomic E-state index is 4.55. The van der Waals surface area contributed by atoms with Crippen molar-refractivity contribution < 1.29 is 0 Å². The number of nitrogens with zero attached hydrogens (tertiary/aromatic N) is 2. The molecule has 0 saturated carbocycles. The van der Waals surface area contributed by atoms with E-state index >= 15 is 0 Å². The molecule has 0 unspecified atom stereocenters. The summed E-state index contributed by atoms with van der Waals surface area (Å²) < 4.78 is 2.34. The van der Waals surface area contributed by atoms with Crippen LogP contribution in [0.4, 0.5) is 0 Å². The van der Waals surface area contributed by atoms with Crippen molar-refractivity contribution in [3.05, 3.63) is 88.7 Å². The van der Waals surface area contributed by atoms with Crippen molar-refractivity contribution in [2.24, 2.45) is 5.10 Å². The van der Waals surface area contributed by atoms with Crippen molar-refractivity contribution in [1.82, 2.24) is 9.99 Å². The molecule has 0 amide bonds. The van der Waals surface area contributed by atoms with Crippen LogP contribution in [0.2, 0.25) is 0 Å². The second kappa shape index (κ2) is 6.45. The summed E-state index contributed by atoms with van der Waals surface area (Å²) in [4.78, 5) is 0. The van der Waals surface area contributed by atoms with Gasteiger partial charge in [0.15, 0.2) is 0 Å². The minimum Gasteiger partial charge on any atom is -0.318 e.